The van der Waals surface area contributed by atoms with Gasteiger partial charge in [0.05, 0.1) is 5.56 Å². The van der Waals surface area contributed by atoms with Crippen LogP contribution in [0.3, 0.4) is 0 Å². The van der Waals surface area contributed by atoms with Crippen molar-refractivity contribution in [2.24, 2.45) is 5.73 Å². The molecular weight excluding hydrogens is 254 g/mol. The largest absolute Gasteiger partial charge is 0.366 e. The van der Waals surface area contributed by atoms with Crippen molar-refractivity contribution < 1.29 is 9.32 Å². The molecule has 0 radical (unpaired) electrons. The minimum Gasteiger partial charge on any atom is -0.366 e. The molecule has 0 saturated heterocycles. The second-order valence-corrected chi connectivity index (χ2v) is 4.21. The lowest BCUT2D eigenvalue weighted by Gasteiger charge is -2.00. The van der Waals surface area contributed by atoms with Gasteiger partial charge in [-0.3, -0.25) is 9.78 Å². The highest BCUT2D eigenvalue weighted by Gasteiger charge is 2.15. The predicted octanol–water partition coefficient (Wildman–Crippen LogP) is 2.50. The monoisotopic (exact) mass is 265 g/mol. The third-order valence-corrected chi connectivity index (χ3v) is 2.88. The molecule has 2 heterocycles. The van der Waals surface area contributed by atoms with Crippen LogP contribution < -0.4 is 5.73 Å². The number of rotatable bonds is 3. The van der Waals surface area contributed by atoms with Crippen LogP contribution in [0.25, 0.3) is 22.7 Å². The van der Waals surface area contributed by atoms with E-state index in [4.69, 9.17) is 10.3 Å². The zero-order valence-electron chi connectivity index (χ0n) is 10.5. The van der Waals surface area contributed by atoms with Gasteiger partial charge in [-0.25, -0.2) is 0 Å². The summed E-state index contributed by atoms with van der Waals surface area (Å²) in [7, 11) is 0. The molecule has 0 atom stereocenters. The summed E-state index contributed by atoms with van der Waals surface area (Å²) in [5.41, 5.74) is 7.46. The first-order chi connectivity index (χ1) is 9.75. The minimum absolute atomic E-state index is 0.320. The van der Waals surface area contributed by atoms with Crippen LogP contribution in [0, 0.1) is 0 Å². The molecular formula is C15H11N3O2. The summed E-state index contributed by atoms with van der Waals surface area (Å²) >= 11 is 0. The van der Waals surface area contributed by atoms with E-state index in [0.717, 1.165) is 5.56 Å². The Balaban J connectivity index is 2.05. The molecule has 3 rings (SSSR count). The fourth-order valence-corrected chi connectivity index (χ4v) is 1.93. The van der Waals surface area contributed by atoms with E-state index < -0.39 is 5.91 Å². The van der Waals surface area contributed by atoms with Crippen molar-refractivity contribution in [2.45, 2.75) is 0 Å². The first-order valence-electron chi connectivity index (χ1n) is 6.03. The van der Waals surface area contributed by atoms with E-state index in [1.807, 2.05) is 30.3 Å². The minimum atomic E-state index is -0.544. The number of hydrogen-bond acceptors (Lipinski definition) is 4. The second kappa shape index (κ2) is 4.97. The molecule has 1 amide bonds. The van der Waals surface area contributed by atoms with Crippen molar-refractivity contribution in [2.75, 3.05) is 0 Å². The fraction of sp³-hybridized carbons (Fsp3) is 0. The molecule has 0 saturated carbocycles. The van der Waals surface area contributed by atoms with Gasteiger partial charge in [0.2, 0.25) is 0 Å². The van der Waals surface area contributed by atoms with Crippen molar-refractivity contribution in [3.05, 3.63) is 60.3 Å². The number of nitrogens with zero attached hydrogens (tertiary/aromatic N) is 2. The molecule has 0 aliphatic carbocycles. The summed E-state index contributed by atoms with van der Waals surface area (Å²) in [6.45, 7) is 0. The number of carbonyl (C=O) groups is 1. The average molecular weight is 265 g/mol. The molecule has 5 nitrogen and oxygen atoms in total. The standard InChI is InChI=1S/C15H11N3O2/c16-15(19)11-7-4-8-17-14(11)12-9-13(20-18-12)10-5-2-1-3-6-10/h1-9H,(H2,16,19). The first-order valence-corrected chi connectivity index (χ1v) is 6.03. The maximum absolute atomic E-state index is 11.4. The SMILES string of the molecule is NC(=O)c1cccnc1-c1cc(-c2ccccc2)on1. The van der Waals surface area contributed by atoms with Gasteiger partial charge < -0.3 is 10.3 Å². The lowest BCUT2D eigenvalue weighted by Crippen LogP contribution is -2.13. The van der Waals surface area contributed by atoms with E-state index in [1.54, 1.807) is 24.4 Å². The number of nitrogens with two attached hydrogens (primary N) is 1. The molecule has 0 aliphatic rings. The van der Waals surface area contributed by atoms with E-state index in [2.05, 4.69) is 10.1 Å². The molecule has 2 aromatic heterocycles. The van der Waals surface area contributed by atoms with Gasteiger partial charge >= 0.3 is 0 Å². The smallest absolute Gasteiger partial charge is 0.250 e. The molecule has 0 spiro atoms. The molecule has 1 aromatic carbocycles. The first kappa shape index (κ1) is 12.1. The lowest BCUT2D eigenvalue weighted by molar-refractivity contribution is 0.100. The molecule has 98 valence electrons. The average Bonchev–Trinajstić information content (AvgIpc) is 2.98. The van der Waals surface area contributed by atoms with Crippen LogP contribution >= 0.6 is 0 Å². The summed E-state index contributed by atoms with van der Waals surface area (Å²) in [4.78, 5) is 15.5. The number of carbonyl (C=O) groups excluding carboxylic acids is 1. The van der Waals surface area contributed by atoms with Crippen molar-refractivity contribution in [1.82, 2.24) is 10.1 Å². The highest BCUT2D eigenvalue weighted by Crippen LogP contribution is 2.26. The molecule has 5 heteroatoms. The number of primary amides is 1. The van der Waals surface area contributed by atoms with Gasteiger partial charge in [0, 0.05) is 17.8 Å². The maximum atomic E-state index is 11.4. The second-order valence-electron chi connectivity index (χ2n) is 4.21. The molecule has 20 heavy (non-hydrogen) atoms. The summed E-state index contributed by atoms with van der Waals surface area (Å²) in [5, 5.41) is 3.96. The van der Waals surface area contributed by atoms with E-state index in [1.165, 1.54) is 0 Å². The van der Waals surface area contributed by atoms with E-state index in [0.29, 0.717) is 22.7 Å². The normalized spacial score (nSPS) is 10.4. The maximum Gasteiger partial charge on any atom is 0.250 e. The van der Waals surface area contributed by atoms with Gasteiger partial charge in [0.1, 0.15) is 11.4 Å². The van der Waals surface area contributed by atoms with Gasteiger partial charge in [-0.05, 0) is 12.1 Å². The Labute approximate surface area is 115 Å². The molecule has 2 N–H and O–H groups in total. The van der Waals surface area contributed by atoms with Crippen LogP contribution in [0.15, 0.2) is 59.3 Å². The van der Waals surface area contributed by atoms with Crippen LogP contribution in [0.2, 0.25) is 0 Å². The summed E-state index contributed by atoms with van der Waals surface area (Å²) in [6, 6.07) is 14.6. The molecule has 0 aliphatic heterocycles. The molecule has 0 fully saturated rings. The van der Waals surface area contributed by atoms with E-state index in [9.17, 15) is 4.79 Å². The Morgan fingerprint density at radius 2 is 1.90 bits per heavy atom. The number of hydrogen-bond donors (Lipinski definition) is 1. The van der Waals surface area contributed by atoms with Crippen LogP contribution in [-0.2, 0) is 0 Å². The van der Waals surface area contributed by atoms with Crippen LogP contribution in [0.5, 0.6) is 0 Å². The van der Waals surface area contributed by atoms with Crippen LogP contribution in [-0.4, -0.2) is 16.0 Å². The van der Waals surface area contributed by atoms with Crippen LogP contribution in [0.4, 0.5) is 0 Å². The fourth-order valence-electron chi connectivity index (χ4n) is 1.93. The Morgan fingerprint density at radius 1 is 1.10 bits per heavy atom. The van der Waals surface area contributed by atoms with E-state index >= 15 is 0 Å². The zero-order valence-corrected chi connectivity index (χ0v) is 10.5. The quantitative estimate of drug-likeness (QED) is 0.788. The highest BCUT2D eigenvalue weighted by molar-refractivity contribution is 5.98. The number of benzene rings is 1. The summed E-state index contributed by atoms with van der Waals surface area (Å²) in [6.07, 6.45) is 1.58. The summed E-state index contributed by atoms with van der Waals surface area (Å²) in [5.74, 6) is 0.0686. The molecule has 0 bridgehead atoms. The Bertz CT molecular complexity index is 751. The van der Waals surface area contributed by atoms with Gasteiger partial charge in [0.15, 0.2) is 5.76 Å². The predicted molar refractivity (Wildman–Crippen MR) is 73.7 cm³/mol. The Hall–Kier alpha value is -2.95. The number of pyridine rings is 1. The van der Waals surface area contributed by atoms with Gasteiger partial charge in [-0.1, -0.05) is 35.5 Å². The van der Waals surface area contributed by atoms with Crippen molar-refractivity contribution in [3.63, 3.8) is 0 Å². The highest BCUT2D eigenvalue weighted by atomic mass is 16.5. The van der Waals surface area contributed by atoms with Gasteiger partial charge in [0.25, 0.3) is 5.91 Å². The zero-order chi connectivity index (χ0) is 13.9. The number of amides is 1. The topological polar surface area (TPSA) is 82.0 Å². The molecule has 3 aromatic rings. The van der Waals surface area contributed by atoms with E-state index in [-0.39, 0.29) is 0 Å². The van der Waals surface area contributed by atoms with Crippen molar-refractivity contribution in [3.8, 4) is 22.7 Å². The Kier molecular flexibility index (Phi) is 3.01. The van der Waals surface area contributed by atoms with Gasteiger partial charge in [-0.15, -0.1) is 0 Å². The molecule has 0 unspecified atom stereocenters. The lowest BCUT2D eigenvalue weighted by atomic mass is 10.1. The third-order valence-electron chi connectivity index (χ3n) is 2.88. The Morgan fingerprint density at radius 3 is 2.65 bits per heavy atom. The summed E-state index contributed by atoms with van der Waals surface area (Å²) < 4.78 is 5.30. The third kappa shape index (κ3) is 2.16. The number of aromatic nitrogens is 2. The van der Waals surface area contributed by atoms with Crippen LogP contribution in [0.1, 0.15) is 10.4 Å². The van der Waals surface area contributed by atoms with Crippen molar-refractivity contribution >= 4 is 5.91 Å². The van der Waals surface area contributed by atoms with Crippen molar-refractivity contribution in [1.29, 1.82) is 0 Å². The van der Waals surface area contributed by atoms with Gasteiger partial charge in [-0.2, -0.15) is 0 Å².